The predicted octanol–water partition coefficient (Wildman–Crippen LogP) is 2.62. The number of ether oxygens (including phenoxy) is 2. The quantitative estimate of drug-likeness (QED) is 0.0873. The normalized spacial score (nSPS) is 13.5. The predicted molar refractivity (Wildman–Crippen MR) is 245 cm³/mol. The highest BCUT2D eigenvalue weighted by molar-refractivity contribution is 6.90. The van der Waals surface area contributed by atoms with Crippen molar-refractivity contribution in [2.24, 2.45) is 0 Å². The molecule has 0 heterocycles. The molecule has 0 saturated carbocycles. The average Bonchev–Trinajstić information content (AvgIpc) is 3.12. The summed E-state index contributed by atoms with van der Waals surface area (Å²) in [6, 6.07) is 45.8. The summed E-state index contributed by atoms with van der Waals surface area (Å²) in [6.45, 7) is 16.4. The molecule has 0 radical (unpaired) electrons. The summed E-state index contributed by atoms with van der Waals surface area (Å²) in [5.41, 5.74) is 3.48. The van der Waals surface area contributed by atoms with Gasteiger partial charge < -0.3 is 9.47 Å². The Hall–Kier alpha value is -3.00. The first-order valence-electron chi connectivity index (χ1n) is 19.0. The van der Waals surface area contributed by atoms with Gasteiger partial charge in [0.1, 0.15) is 11.5 Å². The van der Waals surface area contributed by atoms with Crippen molar-refractivity contribution in [1.29, 1.82) is 0 Å². The molecule has 0 saturated heterocycles. The zero-order valence-corrected chi connectivity index (χ0v) is 42.2. The topological polar surface area (TPSA) is 18.5 Å². The van der Waals surface area contributed by atoms with Crippen molar-refractivity contribution in [3.05, 3.63) is 132 Å². The van der Waals surface area contributed by atoms with E-state index in [1.807, 2.05) is 0 Å². The van der Waals surface area contributed by atoms with E-state index >= 15 is 0 Å². The highest BCUT2D eigenvalue weighted by atomic mass is 28.3. The van der Waals surface area contributed by atoms with Crippen LogP contribution in [0.2, 0.25) is 44.8 Å². The van der Waals surface area contributed by atoms with Crippen molar-refractivity contribution in [3.63, 3.8) is 0 Å². The zero-order valence-electron chi connectivity index (χ0n) is 32.7. The van der Waals surface area contributed by atoms with Crippen LogP contribution in [0.4, 0.5) is 0 Å². The summed E-state index contributed by atoms with van der Waals surface area (Å²) in [5.74, 6) is 1.90. The summed E-state index contributed by atoms with van der Waals surface area (Å²) in [7, 11) is 0.330. The van der Waals surface area contributed by atoms with Gasteiger partial charge in [-0.3, -0.25) is 0 Å². The fraction of sp³-hybridized carbons (Fsp3) is 0.302. The summed E-state index contributed by atoms with van der Waals surface area (Å²) in [6.07, 6.45) is 2.18. The Labute approximate surface area is 321 Å². The van der Waals surface area contributed by atoms with Crippen LogP contribution in [0.25, 0.3) is 0 Å². The molecule has 8 heteroatoms. The SMILES string of the molecule is C[SiH2]c1cc([SiH3])cc([Si](C)(C)CCCOc2ccc(C(C)(c3ccccc3)c3ccc(OCCC[Si](C)(C)c4cc([SiH3])cc([SiH3])c4)cc3)cc2)c1. The monoisotopic (exact) mass is 776 g/mol. The smallest absolute Gasteiger partial charge is 0.119 e. The first-order valence-corrected chi connectivity index (χ1v) is 30.6. The Morgan fingerprint density at radius 2 is 0.961 bits per heavy atom. The van der Waals surface area contributed by atoms with Gasteiger partial charge in [-0.25, -0.2) is 0 Å². The third-order valence-electron chi connectivity index (χ3n) is 11.0. The number of benzene rings is 5. The van der Waals surface area contributed by atoms with Gasteiger partial charge in [0, 0.05) is 36.1 Å². The minimum atomic E-state index is -1.48. The standard InChI is InChI=1S/C43H60O2Si6/c1-43(32-12-8-7-9-13-32,33-14-18-35(19-15-33)44-22-10-24-50(3,4)41-28-37(46)26-38(47)29-41)34-16-20-36(21-17-34)45-23-11-25-51(5,6)42-30-39(48)27-40(31-42)49-2/h7-9,12-21,26-31H,10-11,22-25,49H2,1-6,46-48H3. The highest BCUT2D eigenvalue weighted by Crippen LogP contribution is 2.40. The molecule has 268 valence electrons. The van der Waals surface area contributed by atoms with Crippen LogP contribution in [0.3, 0.4) is 0 Å². The number of rotatable bonds is 16. The molecule has 0 bridgehead atoms. The second-order valence-electron chi connectivity index (χ2n) is 16.1. The lowest BCUT2D eigenvalue weighted by Crippen LogP contribution is -2.45. The van der Waals surface area contributed by atoms with E-state index in [4.69, 9.17) is 9.47 Å². The minimum Gasteiger partial charge on any atom is -0.494 e. The van der Waals surface area contributed by atoms with Crippen molar-refractivity contribution in [2.45, 2.75) is 70.0 Å². The van der Waals surface area contributed by atoms with Crippen LogP contribution >= 0.6 is 0 Å². The molecular weight excluding hydrogens is 717 g/mol. The molecule has 0 aliphatic heterocycles. The first kappa shape index (κ1) is 39.2. The molecule has 0 N–H and O–H groups in total. The van der Waals surface area contributed by atoms with Gasteiger partial charge in [0.2, 0.25) is 0 Å². The largest absolute Gasteiger partial charge is 0.494 e. The van der Waals surface area contributed by atoms with Crippen molar-refractivity contribution in [1.82, 2.24) is 0 Å². The third kappa shape index (κ3) is 10.1. The maximum atomic E-state index is 6.33. The minimum absolute atomic E-state index is 0.119. The average molecular weight is 777 g/mol. The Morgan fingerprint density at radius 1 is 0.549 bits per heavy atom. The molecule has 0 fully saturated rings. The van der Waals surface area contributed by atoms with Gasteiger partial charge in [0.05, 0.1) is 38.9 Å². The van der Waals surface area contributed by atoms with Crippen LogP contribution in [-0.4, -0.2) is 69.6 Å². The Balaban J connectivity index is 1.21. The Morgan fingerprint density at radius 3 is 1.41 bits per heavy atom. The summed E-state index contributed by atoms with van der Waals surface area (Å²) in [5, 5.41) is 9.53. The molecule has 0 spiro atoms. The van der Waals surface area contributed by atoms with Crippen LogP contribution in [0.1, 0.15) is 36.5 Å². The van der Waals surface area contributed by atoms with E-state index < -0.39 is 16.1 Å². The molecule has 1 atom stereocenters. The third-order valence-corrected chi connectivity index (χ3v) is 20.8. The van der Waals surface area contributed by atoms with E-state index in [0.717, 1.165) is 68.3 Å². The molecule has 51 heavy (non-hydrogen) atoms. The molecule has 0 aliphatic carbocycles. The van der Waals surface area contributed by atoms with Crippen LogP contribution in [0.5, 0.6) is 11.5 Å². The number of hydrogen-bond acceptors (Lipinski definition) is 2. The zero-order chi connectivity index (χ0) is 36.6. The van der Waals surface area contributed by atoms with Gasteiger partial charge in [0.15, 0.2) is 0 Å². The van der Waals surface area contributed by atoms with Crippen molar-refractivity contribution in [2.75, 3.05) is 13.2 Å². The van der Waals surface area contributed by atoms with E-state index in [9.17, 15) is 0 Å². The van der Waals surface area contributed by atoms with Gasteiger partial charge in [-0.2, -0.15) is 0 Å². The van der Waals surface area contributed by atoms with Gasteiger partial charge in [0.25, 0.3) is 0 Å². The summed E-state index contributed by atoms with van der Waals surface area (Å²) >= 11 is 0. The van der Waals surface area contributed by atoms with Crippen molar-refractivity contribution >= 4 is 87.5 Å². The van der Waals surface area contributed by atoms with E-state index in [-0.39, 0.29) is 14.9 Å². The Kier molecular flexibility index (Phi) is 13.2. The van der Waals surface area contributed by atoms with E-state index in [2.05, 4.69) is 155 Å². The molecule has 2 nitrogen and oxygen atoms in total. The van der Waals surface area contributed by atoms with Crippen molar-refractivity contribution < 1.29 is 9.47 Å². The van der Waals surface area contributed by atoms with Gasteiger partial charge in [-0.1, -0.05) is 167 Å². The highest BCUT2D eigenvalue weighted by Gasteiger charge is 2.31. The number of hydrogen-bond donors (Lipinski definition) is 0. The van der Waals surface area contributed by atoms with Crippen LogP contribution in [0.15, 0.2) is 115 Å². The maximum absolute atomic E-state index is 6.33. The molecule has 5 aromatic rings. The lowest BCUT2D eigenvalue weighted by Gasteiger charge is -2.32. The van der Waals surface area contributed by atoms with Gasteiger partial charge >= 0.3 is 0 Å². The lowest BCUT2D eigenvalue weighted by atomic mass is 9.71. The van der Waals surface area contributed by atoms with E-state index in [1.165, 1.54) is 28.8 Å². The van der Waals surface area contributed by atoms with Crippen LogP contribution < -0.4 is 40.6 Å². The summed E-state index contributed by atoms with van der Waals surface area (Å²) in [4.78, 5) is 0. The first-order chi connectivity index (χ1) is 24.3. The maximum Gasteiger partial charge on any atom is 0.119 e. The second-order valence-corrected chi connectivity index (χ2v) is 30.8. The molecule has 1 unspecified atom stereocenters. The molecule has 5 rings (SSSR count). The fourth-order valence-electron chi connectivity index (χ4n) is 7.56. The second kappa shape index (κ2) is 17.2. The molecular formula is C43H60O2Si6. The molecule has 0 amide bonds. The molecule has 5 aromatic carbocycles. The van der Waals surface area contributed by atoms with E-state index in [0.29, 0.717) is 0 Å². The van der Waals surface area contributed by atoms with Crippen LogP contribution in [0, 0.1) is 0 Å². The van der Waals surface area contributed by atoms with Crippen molar-refractivity contribution in [3.8, 4) is 11.5 Å². The van der Waals surface area contributed by atoms with Crippen LogP contribution in [-0.2, 0) is 5.41 Å². The molecule has 0 aromatic heterocycles. The van der Waals surface area contributed by atoms with Gasteiger partial charge in [-0.05, 0) is 60.7 Å². The lowest BCUT2D eigenvalue weighted by molar-refractivity contribution is 0.316. The van der Waals surface area contributed by atoms with E-state index in [1.54, 1.807) is 31.1 Å². The summed E-state index contributed by atoms with van der Waals surface area (Å²) < 4.78 is 12.6. The molecule has 0 aliphatic rings. The fourth-order valence-corrected chi connectivity index (χ4v) is 17.8. The van der Waals surface area contributed by atoms with Gasteiger partial charge in [-0.15, -0.1) is 0 Å². The Bertz CT molecular complexity index is 1850.